The number of hydrogen-bond acceptors (Lipinski definition) is 0. The summed E-state index contributed by atoms with van der Waals surface area (Å²) >= 11 is 0. The maximum Gasteiger partial charge on any atom is -0.0297 e. The molecule has 17 heavy (non-hydrogen) atoms. The Morgan fingerprint density at radius 2 is 1.41 bits per heavy atom. The normalized spacial score (nSPS) is 17.6. The molecule has 0 aromatic carbocycles. The van der Waals surface area contributed by atoms with Crippen LogP contribution in [0.5, 0.6) is 0 Å². The third-order valence-corrected chi connectivity index (χ3v) is 4.51. The van der Waals surface area contributed by atoms with Crippen LogP contribution in [0.4, 0.5) is 0 Å². The van der Waals surface area contributed by atoms with Crippen LogP contribution < -0.4 is 0 Å². The van der Waals surface area contributed by atoms with E-state index < -0.39 is 0 Å². The predicted molar refractivity (Wildman–Crippen MR) is 78.3 cm³/mol. The Kier molecular flexibility index (Phi) is 7.23. The Labute approximate surface area is 110 Å². The zero-order valence-electron chi connectivity index (χ0n) is 12.6. The van der Waals surface area contributed by atoms with Gasteiger partial charge in [0.1, 0.15) is 0 Å². The van der Waals surface area contributed by atoms with E-state index in [0.29, 0.717) is 0 Å². The van der Waals surface area contributed by atoms with E-state index in [1.807, 2.05) is 0 Å². The molecule has 0 amide bonds. The van der Waals surface area contributed by atoms with Crippen LogP contribution in [0.15, 0.2) is 0 Å². The van der Waals surface area contributed by atoms with E-state index in [1.165, 1.54) is 57.8 Å². The highest BCUT2D eigenvalue weighted by atomic mass is 14.5. The Morgan fingerprint density at radius 3 is 1.94 bits per heavy atom. The first kappa shape index (κ1) is 15.1. The topological polar surface area (TPSA) is 0 Å². The molecule has 1 aliphatic carbocycles. The molecule has 0 N–H and O–H groups in total. The zero-order chi connectivity index (χ0) is 12.6. The molecule has 102 valence electrons. The quantitative estimate of drug-likeness (QED) is 0.368. The Hall–Kier alpha value is 0. The summed E-state index contributed by atoms with van der Waals surface area (Å²) < 4.78 is 0. The fraction of sp³-hybridized carbons (Fsp3) is 1.00. The van der Waals surface area contributed by atoms with E-state index in [2.05, 4.69) is 20.8 Å². The van der Waals surface area contributed by atoms with Crippen molar-refractivity contribution in [3.63, 3.8) is 0 Å². The van der Waals surface area contributed by atoms with E-state index >= 15 is 0 Å². The third kappa shape index (κ3) is 7.11. The van der Waals surface area contributed by atoms with Crippen LogP contribution in [0.2, 0.25) is 0 Å². The Morgan fingerprint density at radius 1 is 0.824 bits per heavy atom. The van der Waals surface area contributed by atoms with Crippen molar-refractivity contribution < 1.29 is 0 Å². The molecule has 1 rings (SSSR count). The van der Waals surface area contributed by atoms with Crippen molar-refractivity contribution >= 4 is 0 Å². The summed E-state index contributed by atoms with van der Waals surface area (Å²) in [7, 11) is 0. The Bertz CT molecular complexity index is 176. The summed E-state index contributed by atoms with van der Waals surface area (Å²) in [6, 6.07) is 0. The summed E-state index contributed by atoms with van der Waals surface area (Å²) in [6.45, 7) is 7.00. The van der Waals surface area contributed by atoms with E-state index in [1.54, 1.807) is 19.3 Å². The van der Waals surface area contributed by atoms with Gasteiger partial charge >= 0.3 is 0 Å². The summed E-state index contributed by atoms with van der Waals surface area (Å²) in [4.78, 5) is 0. The van der Waals surface area contributed by atoms with Crippen LogP contribution >= 0.6 is 0 Å². The van der Waals surface area contributed by atoms with Crippen LogP contribution in [0.25, 0.3) is 0 Å². The van der Waals surface area contributed by atoms with Gasteiger partial charge in [-0.2, -0.15) is 0 Å². The summed E-state index contributed by atoms with van der Waals surface area (Å²) in [6.07, 6.45) is 17.8. The maximum atomic E-state index is 2.35. The predicted octanol–water partition coefficient (Wildman–Crippen LogP) is 6.34. The van der Waals surface area contributed by atoms with Crippen LogP contribution in [0, 0.1) is 11.3 Å². The lowest BCUT2D eigenvalue weighted by atomic mass is 9.91. The molecule has 0 bridgehead atoms. The molecule has 0 nitrogen and oxygen atoms in total. The van der Waals surface area contributed by atoms with Crippen molar-refractivity contribution in [3.05, 3.63) is 0 Å². The minimum absolute atomic E-state index is 0.837. The van der Waals surface area contributed by atoms with E-state index in [-0.39, 0.29) is 0 Å². The van der Waals surface area contributed by atoms with E-state index in [0.717, 1.165) is 11.3 Å². The highest BCUT2D eigenvalue weighted by Crippen LogP contribution is 2.53. The second-order valence-corrected chi connectivity index (χ2v) is 6.80. The van der Waals surface area contributed by atoms with Crippen LogP contribution in [-0.2, 0) is 0 Å². The first-order valence-electron chi connectivity index (χ1n) is 8.18. The zero-order valence-corrected chi connectivity index (χ0v) is 12.6. The molecule has 0 aromatic heterocycles. The standard InChI is InChI=1S/C17H34/c1-4-5-6-7-9-12-17(14-15-17)13-10-8-11-16(2)3/h16H,4-15H2,1-3H3. The van der Waals surface area contributed by atoms with Crippen molar-refractivity contribution in [3.8, 4) is 0 Å². The molecular formula is C17H34. The molecule has 0 spiro atoms. The summed E-state index contributed by atoms with van der Waals surface area (Å²) in [5, 5.41) is 0. The van der Waals surface area contributed by atoms with Gasteiger partial charge in [0, 0.05) is 0 Å². The molecule has 0 unspecified atom stereocenters. The SMILES string of the molecule is CCCCCCCC1(CCCCC(C)C)CC1. The van der Waals surface area contributed by atoms with Gasteiger partial charge in [-0.15, -0.1) is 0 Å². The van der Waals surface area contributed by atoms with Gasteiger partial charge in [-0.25, -0.2) is 0 Å². The van der Waals surface area contributed by atoms with Crippen LogP contribution in [0.1, 0.15) is 97.8 Å². The first-order valence-corrected chi connectivity index (χ1v) is 8.18. The summed E-state index contributed by atoms with van der Waals surface area (Å²) in [5.74, 6) is 0.902. The van der Waals surface area contributed by atoms with Gasteiger partial charge in [0.15, 0.2) is 0 Å². The average molecular weight is 238 g/mol. The maximum absolute atomic E-state index is 2.35. The molecule has 0 aromatic rings. The van der Waals surface area contributed by atoms with Gasteiger partial charge in [0.25, 0.3) is 0 Å². The lowest BCUT2D eigenvalue weighted by molar-refractivity contribution is 0.378. The first-order chi connectivity index (χ1) is 8.18. The highest BCUT2D eigenvalue weighted by Gasteiger charge is 2.40. The van der Waals surface area contributed by atoms with Crippen LogP contribution in [-0.4, -0.2) is 0 Å². The second-order valence-electron chi connectivity index (χ2n) is 6.80. The van der Waals surface area contributed by atoms with Gasteiger partial charge in [0.05, 0.1) is 0 Å². The average Bonchev–Trinajstić information content (AvgIpc) is 3.05. The molecule has 0 heteroatoms. The van der Waals surface area contributed by atoms with Gasteiger partial charge < -0.3 is 0 Å². The minimum atomic E-state index is 0.837. The van der Waals surface area contributed by atoms with Crippen molar-refractivity contribution in [2.75, 3.05) is 0 Å². The lowest BCUT2D eigenvalue weighted by Crippen LogP contribution is -2.01. The van der Waals surface area contributed by atoms with Gasteiger partial charge in [-0.1, -0.05) is 72.1 Å². The third-order valence-electron chi connectivity index (χ3n) is 4.51. The fourth-order valence-corrected chi connectivity index (χ4v) is 2.96. The van der Waals surface area contributed by atoms with E-state index in [4.69, 9.17) is 0 Å². The van der Waals surface area contributed by atoms with Crippen molar-refractivity contribution in [2.45, 2.75) is 97.8 Å². The largest absolute Gasteiger partial charge is 0.0654 e. The number of hydrogen-bond donors (Lipinski definition) is 0. The molecule has 1 aliphatic rings. The van der Waals surface area contributed by atoms with E-state index in [9.17, 15) is 0 Å². The summed E-state index contributed by atoms with van der Waals surface area (Å²) in [5.41, 5.74) is 0.837. The molecule has 1 saturated carbocycles. The molecular weight excluding hydrogens is 204 g/mol. The minimum Gasteiger partial charge on any atom is -0.0654 e. The van der Waals surface area contributed by atoms with Gasteiger partial charge in [-0.05, 0) is 37.0 Å². The molecule has 1 fully saturated rings. The molecule has 0 radical (unpaired) electrons. The Balaban J connectivity index is 1.95. The van der Waals surface area contributed by atoms with Crippen molar-refractivity contribution in [1.82, 2.24) is 0 Å². The molecule has 0 saturated heterocycles. The molecule has 0 atom stereocenters. The number of rotatable bonds is 11. The van der Waals surface area contributed by atoms with Crippen LogP contribution in [0.3, 0.4) is 0 Å². The van der Waals surface area contributed by atoms with Crippen molar-refractivity contribution in [1.29, 1.82) is 0 Å². The van der Waals surface area contributed by atoms with Crippen molar-refractivity contribution in [2.24, 2.45) is 11.3 Å². The monoisotopic (exact) mass is 238 g/mol. The smallest absolute Gasteiger partial charge is 0.0297 e. The van der Waals surface area contributed by atoms with Gasteiger partial charge in [-0.3, -0.25) is 0 Å². The fourth-order valence-electron chi connectivity index (χ4n) is 2.96. The lowest BCUT2D eigenvalue weighted by Gasteiger charge is -2.15. The second kappa shape index (κ2) is 8.16. The highest BCUT2D eigenvalue weighted by molar-refractivity contribution is 4.92. The molecule has 0 heterocycles. The molecule has 0 aliphatic heterocycles. The number of unbranched alkanes of at least 4 members (excludes halogenated alkanes) is 5. The van der Waals surface area contributed by atoms with Gasteiger partial charge in [0.2, 0.25) is 0 Å².